The van der Waals surface area contributed by atoms with Crippen molar-refractivity contribution in [3.63, 3.8) is 0 Å². The minimum atomic E-state index is -0.787. The van der Waals surface area contributed by atoms with Crippen molar-refractivity contribution in [2.45, 2.75) is 26.7 Å². The summed E-state index contributed by atoms with van der Waals surface area (Å²) in [5.41, 5.74) is 6.68. The number of fused-ring (bicyclic) bond motifs is 2. The van der Waals surface area contributed by atoms with Crippen molar-refractivity contribution in [3.8, 4) is 23.0 Å². The number of nitriles is 1. The molecule has 0 aliphatic heterocycles. The lowest BCUT2D eigenvalue weighted by molar-refractivity contribution is 0.627. The van der Waals surface area contributed by atoms with E-state index in [0.29, 0.717) is 16.9 Å². The van der Waals surface area contributed by atoms with Crippen LogP contribution in [0.3, 0.4) is 0 Å². The second-order valence-corrected chi connectivity index (χ2v) is 9.88. The van der Waals surface area contributed by atoms with E-state index in [1.165, 1.54) is 16.7 Å². The molecule has 0 saturated carbocycles. The van der Waals surface area contributed by atoms with Crippen molar-refractivity contribution in [1.29, 1.82) is 5.26 Å². The first-order chi connectivity index (χ1) is 17.1. The Morgan fingerprint density at radius 3 is 2.64 bits per heavy atom. The molecule has 0 aliphatic carbocycles. The number of hydrogen-bond donors (Lipinski definition) is 1. The second kappa shape index (κ2) is 8.62. The normalized spacial score (nSPS) is 11.5. The third kappa shape index (κ3) is 3.51. The number of aryl methyl sites for hydroxylation is 1. The van der Waals surface area contributed by atoms with Crippen molar-refractivity contribution < 1.29 is 8.78 Å². The van der Waals surface area contributed by atoms with Crippen LogP contribution in [0.15, 0.2) is 35.3 Å². The number of benzene rings is 1. The van der Waals surface area contributed by atoms with Crippen LogP contribution < -0.4 is 11.3 Å². The van der Waals surface area contributed by atoms with Crippen LogP contribution in [-0.2, 0) is 0 Å². The average Bonchev–Trinajstić information content (AvgIpc) is 3.23. The molecule has 4 heterocycles. The van der Waals surface area contributed by atoms with Gasteiger partial charge in [0, 0.05) is 17.1 Å². The van der Waals surface area contributed by atoms with Crippen LogP contribution in [0.2, 0.25) is 5.02 Å². The number of nitrogen functional groups attached to an aromatic ring is 1. The van der Waals surface area contributed by atoms with E-state index in [1.54, 1.807) is 19.2 Å². The van der Waals surface area contributed by atoms with E-state index >= 15 is 4.39 Å². The lowest BCUT2D eigenvalue weighted by atomic mass is 10.0. The van der Waals surface area contributed by atoms with E-state index in [2.05, 4.69) is 15.0 Å². The van der Waals surface area contributed by atoms with Crippen molar-refractivity contribution in [2.75, 3.05) is 5.73 Å². The van der Waals surface area contributed by atoms with Crippen LogP contribution in [-0.4, -0.2) is 19.5 Å². The van der Waals surface area contributed by atoms with Gasteiger partial charge in [0.25, 0.3) is 5.56 Å². The fourth-order valence-corrected chi connectivity index (χ4v) is 5.24. The summed E-state index contributed by atoms with van der Waals surface area (Å²) in [6.45, 7) is 5.63. The number of anilines is 1. The number of nitrogens with two attached hydrogens (primary N) is 1. The summed E-state index contributed by atoms with van der Waals surface area (Å²) in [6, 6.07) is 7.21. The van der Waals surface area contributed by atoms with Gasteiger partial charge < -0.3 is 5.73 Å². The number of rotatable bonds is 3. The molecule has 7 nitrogen and oxygen atoms in total. The molecule has 0 saturated heterocycles. The Hall–Kier alpha value is -3.94. The van der Waals surface area contributed by atoms with Gasteiger partial charge in [-0.05, 0) is 42.7 Å². The van der Waals surface area contributed by atoms with Gasteiger partial charge in [-0.25, -0.2) is 18.7 Å². The average molecular weight is 523 g/mol. The fourth-order valence-electron chi connectivity index (χ4n) is 4.21. The van der Waals surface area contributed by atoms with Crippen LogP contribution in [0.25, 0.3) is 38.2 Å². The number of thiazole rings is 1. The maximum atomic E-state index is 15.5. The molecule has 1 aromatic carbocycles. The van der Waals surface area contributed by atoms with E-state index in [0.717, 1.165) is 17.4 Å². The van der Waals surface area contributed by atoms with E-state index < -0.39 is 17.2 Å². The summed E-state index contributed by atoms with van der Waals surface area (Å²) in [6.07, 6.45) is 1.63. The number of hydrogen-bond acceptors (Lipinski definition) is 7. The summed E-state index contributed by atoms with van der Waals surface area (Å²) < 4.78 is 31.3. The first kappa shape index (κ1) is 23.8. The highest BCUT2D eigenvalue weighted by molar-refractivity contribution is 7.22. The lowest BCUT2D eigenvalue weighted by Crippen LogP contribution is -2.25. The van der Waals surface area contributed by atoms with Crippen molar-refractivity contribution in [2.24, 2.45) is 0 Å². The Morgan fingerprint density at radius 1 is 1.19 bits per heavy atom. The highest BCUT2D eigenvalue weighted by Gasteiger charge is 2.25. The molecule has 0 atom stereocenters. The molecule has 5 rings (SSSR count). The highest BCUT2D eigenvalue weighted by Crippen LogP contribution is 2.37. The first-order valence-corrected chi connectivity index (χ1v) is 12.0. The predicted molar refractivity (Wildman–Crippen MR) is 137 cm³/mol. The minimum Gasteiger partial charge on any atom is -0.375 e. The SMILES string of the molecule is Cc1ccnc(C(C)C)c1-n1c(=O)c(C#N)c(Cl)c2cc(F)c(-c3ccc(F)c4sc(N)nc34)nc21. The van der Waals surface area contributed by atoms with Gasteiger partial charge in [-0.15, -0.1) is 0 Å². The molecule has 0 unspecified atom stereocenters. The quantitative estimate of drug-likeness (QED) is 0.317. The van der Waals surface area contributed by atoms with Gasteiger partial charge in [0.15, 0.2) is 5.13 Å². The Balaban J connectivity index is 1.97. The van der Waals surface area contributed by atoms with Crippen LogP contribution in [0.1, 0.15) is 36.6 Å². The van der Waals surface area contributed by atoms with Gasteiger partial charge in [-0.2, -0.15) is 5.26 Å². The number of halogens is 3. The summed E-state index contributed by atoms with van der Waals surface area (Å²) in [5.74, 6) is -1.42. The fraction of sp³-hybridized carbons (Fsp3) is 0.160. The van der Waals surface area contributed by atoms with Crippen molar-refractivity contribution in [1.82, 2.24) is 19.5 Å². The molecule has 36 heavy (non-hydrogen) atoms. The molecule has 0 spiro atoms. The Labute approximate surface area is 212 Å². The van der Waals surface area contributed by atoms with Gasteiger partial charge in [0.2, 0.25) is 0 Å². The monoisotopic (exact) mass is 522 g/mol. The van der Waals surface area contributed by atoms with Crippen molar-refractivity contribution >= 4 is 49.3 Å². The maximum absolute atomic E-state index is 15.5. The second-order valence-electron chi connectivity index (χ2n) is 8.47. The number of pyridine rings is 3. The zero-order chi connectivity index (χ0) is 25.9. The van der Waals surface area contributed by atoms with E-state index in [1.807, 2.05) is 19.9 Å². The number of nitrogens with zero attached hydrogens (tertiary/aromatic N) is 5. The summed E-state index contributed by atoms with van der Waals surface area (Å²) >= 11 is 7.34. The molecule has 0 fully saturated rings. The van der Waals surface area contributed by atoms with Gasteiger partial charge >= 0.3 is 0 Å². The predicted octanol–water partition coefficient (Wildman–Crippen LogP) is 5.87. The number of aromatic nitrogens is 4. The van der Waals surface area contributed by atoms with Crippen LogP contribution in [0, 0.1) is 29.9 Å². The molecule has 0 aliphatic rings. The third-order valence-corrected chi connectivity index (χ3v) is 7.13. The van der Waals surface area contributed by atoms with Gasteiger partial charge in [-0.1, -0.05) is 36.8 Å². The summed E-state index contributed by atoms with van der Waals surface area (Å²) in [5, 5.41) is 9.67. The summed E-state index contributed by atoms with van der Waals surface area (Å²) in [4.78, 5) is 26.7. The first-order valence-electron chi connectivity index (χ1n) is 10.8. The Morgan fingerprint density at radius 2 is 1.94 bits per heavy atom. The molecule has 5 aromatic rings. The van der Waals surface area contributed by atoms with Crippen molar-refractivity contribution in [3.05, 3.63) is 74.3 Å². The molecule has 4 aromatic heterocycles. The minimum absolute atomic E-state index is 0.0269. The zero-order valence-corrected chi connectivity index (χ0v) is 20.8. The van der Waals surface area contributed by atoms with Crippen LogP contribution in [0.4, 0.5) is 13.9 Å². The maximum Gasteiger partial charge on any atom is 0.276 e. The van der Waals surface area contributed by atoms with E-state index in [4.69, 9.17) is 17.3 Å². The molecule has 2 N–H and O–H groups in total. The molecule has 0 amide bonds. The topological polar surface area (TPSA) is 110 Å². The van der Waals surface area contributed by atoms with Crippen LogP contribution >= 0.6 is 22.9 Å². The Bertz CT molecular complexity index is 1820. The Kier molecular flexibility index (Phi) is 5.70. The lowest BCUT2D eigenvalue weighted by Gasteiger charge is -2.19. The largest absolute Gasteiger partial charge is 0.375 e. The molecule has 0 radical (unpaired) electrons. The van der Waals surface area contributed by atoms with Gasteiger partial charge in [0.1, 0.15) is 34.6 Å². The third-order valence-electron chi connectivity index (χ3n) is 5.84. The molecular weight excluding hydrogens is 506 g/mol. The zero-order valence-electron chi connectivity index (χ0n) is 19.2. The highest BCUT2D eigenvalue weighted by atomic mass is 35.5. The standard InChI is InChI=1S/C25H17ClF2N6OS/c1-10(2)18-21(11(3)6-7-31-18)34-23-13(17(26)14(9-29)24(34)35)8-16(28)19(32-23)12-4-5-15(27)22-20(12)33-25(30)36-22/h4-8,10H,1-3H3,(H2,30,33). The van der Waals surface area contributed by atoms with E-state index in [9.17, 15) is 14.4 Å². The van der Waals surface area contributed by atoms with Gasteiger partial charge in [0.05, 0.1) is 26.6 Å². The van der Waals surface area contributed by atoms with Gasteiger partial charge in [-0.3, -0.25) is 14.3 Å². The molecule has 0 bridgehead atoms. The smallest absolute Gasteiger partial charge is 0.276 e. The van der Waals surface area contributed by atoms with E-state index in [-0.39, 0.29) is 54.1 Å². The molecular formula is C25H17ClF2N6OS. The molecule has 11 heteroatoms. The molecule has 180 valence electrons. The summed E-state index contributed by atoms with van der Waals surface area (Å²) in [7, 11) is 0. The van der Waals surface area contributed by atoms with Crippen LogP contribution in [0.5, 0.6) is 0 Å².